The van der Waals surface area contributed by atoms with E-state index in [1.807, 2.05) is 44.0 Å². The van der Waals surface area contributed by atoms with Crippen molar-refractivity contribution in [3.63, 3.8) is 0 Å². The van der Waals surface area contributed by atoms with Gasteiger partial charge >= 0.3 is 0 Å². The summed E-state index contributed by atoms with van der Waals surface area (Å²) >= 11 is 0. The molecule has 2 atom stereocenters. The highest BCUT2D eigenvalue weighted by atomic mass is 32.2. The molecule has 1 fully saturated rings. The van der Waals surface area contributed by atoms with Crippen LogP contribution in [0.25, 0.3) is 0 Å². The van der Waals surface area contributed by atoms with Crippen LogP contribution in [0, 0.1) is 19.8 Å². The Morgan fingerprint density at radius 3 is 2.60 bits per heavy atom. The lowest BCUT2D eigenvalue weighted by Crippen LogP contribution is -2.25. The van der Waals surface area contributed by atoms with E-state index < -0.39 is 9.84 Å². The lowest BCUT2D eigenvalue weighted by molar-refractivity contribution is 0.304. The van der Waals surface area contributed by atoms with Crippen molar-refractivity contribution < 1.29 is 12.8 Å². The van der Waals surface area contributed by atoms with Gasteiger partial charge in [-0.1, -0.05) is 19.1 Å². The first-order valence-corrected chi connectivity index (χ1v) is 10.5. The van der Waals surface area contributed by atoms with Crippen LogP contribution in [0.15, 0.2) is 39.6 Å². The molecule has 1 aromatic heterocycles. The molecule has 136 valence electrons. The number of aryl methyl sites for hydroxylation is 2. The molecule has 0 amide bonds. The number of rotatable bonds is 7. The van der Waals surface area contributed by atoms with Crippen molar-refractivity contribution in [2.75, 3.05) is 19.3 Å². The first-order chi connectivity index (χ1) is 11.8. The molecule has 2 aromatic rings. The summed E-state index contributed by atoms with van der Waals surface area (Å²) in [5, 5.41) is 0. The van der Waals surface area contributed by atoms with Gasteiger partial charge in [0, 0.05) is 12.5 Å². The van der Waals surface area contributed by atoms with Gasteiger partial charge in [-0.3, -0.25) is 4.90 Å². The van der Waals surface area contributed by atoms with Crippen LogP contribution >= 0.6 is 0 Å². The molecule has 5 heteroatoms. The third-order valence-corrected chi connectivity index (χ3v) is 6.83. The zero-order chi connectivity index (χ0) is 18.2. The summed E-state index contributed by atoms with van der Waals surface area (Å²) in [6.07, 6.45) is 1.21. The van der Waals surface area contributed by atoms with Crippen LogP contribution in [0.4, 0.5) is 0 Å². The molecule has 3 rings (SSSR count). The topological polar surface area (TPSA) is 50.5 Å². The van der Waals surface area contributed by atoms with E-state index in [4.69, 9.17) is 4.42 Å². The second-order valence-corrected chi connectivity index (χ2v) is 9.53. The summed E-state index contributed by atoms with van der Waals surface area (Å²) in [6, 6.07) is 9.64. The Labute approximate surface area is 150 Å². The summed E-state index contributed by atoms with van der Waals surface area (Å²) in [6.45, 7) is 7.10. The Kier molecular flexibility index (Phi) is 5.07. The van der Waals surface area contributed by atoms with Gasteiger partial charge in [0.05, 0.1) is 17.2 Å². The quantitative estimate of drug-likeness (QED) is 0.750. The van der Waals surface area contributed by atoms with Crippen molar-refractivity contribution in [1.82, 2.24) is 4.90 Å². The summed E-state index contributed by atoms with van der Waals surface area (Å²) < 4.78 is 31.2. The van der Waals surface area contributed by atoms with Crippen LogP contribution in [0.3, 0.4) is 0 Å². The number of hydrogen-bond donors (Lipinski definition) is 0. The van der Waals surface area contributed by atoms with E-state index in [1.165, 1.54) is 6.42 Å². The maximum atomic E-state index is 12.6. The van der Waals surface area contributed by atoms with Crippen LogP contribution in [-0.4, -0.2) is 32.7 Å². The van der Waals surface area contributed by atoms with Crippen LogP contribution in [-0.2, 0) is 16.4 Å². The molecule has 1 heterocycles. The minimum absolute atomic E-state index is 0.112. The van der Waals surface area contributed by atoms with E-state index >= 15 is 0 Å². The van der Waals surface area contributed by atoms with Gasteiger partial charge in [0.2, 0.25) is 0 Å². The Hall–Kier alpha value is -1.59. The van der Waals surface area contributed by atoms with Gasteiger partial charge in [-0.2, -0.15) is 0 Å². The smallest absolute Gasteiger partial charge is 0.179 e. The molecule has 1 aromatic carbocycles. The fourth-order valence-corrected chi connectivity index (χ4v) is 4.87. The zero-order valence-electron chi connectivity index (χ0n) is 15.5. The Bertz CT molecular complexity index is 854. The average Bonchev–Trinajstić information content (AvgIpc) is 3.10. The number of sulfone groups is 1. The minimum Gasteiger partial charge on any atom is -0.464 e. The first kappa shape index (κ1) is 18.2. The van der Waals surface area contributed by atoms with Crippen molar-refractivity contribution in [2.24, 2.45) is 5.92 Å². The number of benzene rings is 1. The van der Waals surface area contributed by atoms with Gasteiger partial charge in [0.25, 0.3) is 0 Å². The van der Waals surface area contributed by atoms with E-state index in [2.05, 4.69) is 13.0 Å². The minimum atomic E-state index is -3.28. The van der Waals surface area contributed by atoms with E-state index in [9.17, 15) is 8.42 Å². The summed E-state index contributed by atoms with van der Waals surface area (Å²) in [5.74, 6) is 3.38. The van der Waals surface area contributed by atoms with Gasteiger partial charge in [-0.25, -0.2) is 8.42 Å². The molecule has 0 aliphatic heterocycles. The normalized spacial score (nSPS) is 20.2. The van der Waals surface area contributed by atoms with Gasteiger partial charge in [-0.15, -0.1) is 0 Å². The molecule has 0 radical (unpaired) electrons. The highest BCUT2D eigenvalue weighted by molar-refractivity contribution is 7.91. The predicted molar refractivity (Wildman–Crippen MR) is 99.5 cm³/mol. The Morgan fingerprint density at radius 1 is 1.20 bits per heavy atom. The van der Waals surface area contributed by atoms with E-state index in [0.29, 0.717) is 23.9 Å². The summed E-state index contributed by atoms with van der Waals surface area (Å²) in [7, 11) is -1.35. The van der Waals surface area contributed by atoms with Gasteiger partial charge < -0.3 is 4.42 Å². The fourth-order valence-electron chi connectivity index (χ4n) is 3.17. The van der Waals surface area contributed by atoms with Gasteiger partial charge in [0.1, 0.15) is 11.5 Å². The van der Waals surface area contributed by atoms with Crippen LogP contribution < -0.4 is 0 Å². The standard InChI is InChI=1S/C20H27NO3S/c1-14-5-6-15(2)20(11-14)25(22,23)10-9-21(4)13-17-7-8-19(24-17)18-12-16(18)3/h5-8,11,16,18H,9-10,12-13H2,1-4H3/t16-,18-/m1/s1. The van der Waals surface area contributed by atoms with Gasteiger partial charge in [0.15, 0.2) is 9.84 Å². The van der Waals surface area contributed by atoms with Crippen molar-refractivity contribution >= 4 is 9.84 Å². The third kappa shape index (κ3) is 4.33. The number of hydrogen-bond acceptors (Lipinski definition) is 4. The summed E-state index contributed by atoms with van der Waals surface area (Å²) in [4.78, 5) is 2.45. The molecule has 0 saturated heterocycles. The zero-order valence-corrected chi connectivity index (χ0v) is 16.3. The van der Waals surface area contributed by atoms with Crippen LogP contribution in [0.1, 0.15) is 41.9 Å². The molecule has 0 bridgehead atoms. The molecule has 0 spiro atoms. The van der Waals surface area contributed by atoms with Crippen LogP contribution in [0.2, 0.25) is 0 Å². The van der Waals surface area contributed by atoms with E-state index in [1.54, 1.807) is 6.07 Å². The SMILES string of the molecule is Cc1ccc(C)c(S(=O)(=O)CCN(C)Cc2ccc([C@@H]3C[C@H]3C)o2)c1. The third-order valence-electron chi connectivity index (χ3n) is 5.00. The predicted octanol–water partition coefficient (Wildman–Crippen LogP) is 3.93. The number of nitrogens with zero attached hydrogens (tertiary/aromatic N) is 1. The van der Waals surface area contributed by atoms with Crippen molar-refractivity contribution in [1.29, 1.82) is 0 Å². The maximum Gasteiger partial charge on any atom is 0.179 e. The first-order valence-electron chi connectivity index (χ1n) is 8.83. The monoisotopic (exact) mass is 361 g/mol. The van der Waals surface area contributed by atoms with Crippen molar-refractivity contribution in [3.8, 4) is 0 Å². The molecular formula is C20H27NO3S. The van der Waals surface area contributed by atoms with Crippen molar-refractivity contribution in [3.05, 3.63) is 53.0 Å². The Morgan fingerprint density at radius 2 is 1.92 bits per heavy atom. The van der Waals surface area contributed by atoms with Crippen LogP contribution in [0.5, 0.6) is 0 Å². The molecule has 1 aliphatic rings. The molecule has 0 N–H and O–H groups in total. The molecule has 1 saturated carbocycles. The Balaban J connectivity index is 1.58. The highest BCUT2D eigenvalue weighted by Crippen LogP contribution is 2.47. The molecular weight excluding hydrogens is 334 g/mol. The largest absolute Gasteiger partial charge is 0.464 e. The molecule has 25 heavy (non-hydrogen) atoms. The van der Waals surface area contributed by atoms with E-state index in [-0.39, 0.29) is 5.75 Å². The second kappa shape index (κ2) is 6.96. The molecule has 1 aliphatic carbocycles. The van der Waals surface area contributed by atoms with E-state index in [0.717, 1.165) is 28.6 Å². The maximum absolute atomic E-state index is 12.6. The fraction of sp³-hybridized carbons (Fsp3) is 0.500. The molecule has 4 nitrogen and oxygen atoms in total. The number of furan rings is 1. The van der Waals surface area contributed by atoms with Gasteiger partial charge in [-0.05, 0) is 62.6 Å². The highest BCUT2D eigenvalue weighted by Gasteiger charge is 2.36. The second-order valence-electron chi connectivity index (χ2n) is 7.45. The molecule has 0 unspecified atom stereocenters. The van der Waals surface area contributed by atoms with Crippen molar-refractivity contribution in [2.45, 2.75) is 44.6 Å². The lowest BCUT2D eigenvalue weighted by atomic mass is 10.2. The average molecular weight is 362 g/mol. The lowest BCUT2D eigenvalue weighted by Gasteiger charge is -2.16. The summed E-state index contributed by atoms with van der Waals surface area (Å²) in [5.41, 5.74) is 1.78.